The minimum Gasteiger partial charge on any atom is -0.368 e. The van der Waals surface area contributed by atoms with E-state index < -0.39 is 5.54 Å². The van der Waals surface area contributed by atoms with Crippen LogP contribution in [0.1, 0.15) is 38.2 Å². The molecule has 0 saturated heterocycles. The molecule has 0 bridgehead atoms. The lowest BCUT2D eigenvalue weighted by atomic mass is 9.84. The van der Waals surface area contributed by atoms with Gasteiger partial charge in [-0.3, -0.25) is 10.1 Å². The van der Waals surface area contributed by atoms with Gasteiger partial charge in [0.05, 0.1) is 0 Å². The number of carbonyl (C=O) groups excluding carboxylic acids is 1. The predicted molar refractivity (Wildman–Crippen MR) is 72.9 cm³/mol. The Morgan fingerprint density at radius 2 is 2.06 bits per heavy atom. The van der Waals surface area contributed by atoms with Crippen molar-refractivity contribution in [3.8, 4) is 0 Å². The highest BCUT2D eigenvalue weighted by atomic mass is 16.1. The van der Waals surface area contributed by atoms with E-state index in [4.69, 9.17) is 5.73 Å². The first-order valence-electron chi connectivity index (χ1n) is 6.79. The lowest BCUT2D eigenvalue weighted by Crippen LogP contribution is -2.53. The zero-order chi connectivity index (χ0) is 13.0. The SMILES string of the molecule is CCCC(NCC1CC1)(C(N)=O)c1ccccc1. The van der Waals surface area contributed by atoms with E-state index in [0.717, 1.165) is 30.9 Å². The van der Waals surface area contributed by atoms with E-state index in [1.165, 1.54) is 12.8 Å². The number of amides is 1. The molecule has 0 spiro atoms. The minimum absolute atomic E-state index is 0.267. The molecule has 3 heteroatoms. The molecule has 1 unspecified atom stereocenters. The zero-order valence-corrected chi connectivity index (χ0v) is 11.0. The van der Waals surface area contributed by atoms with Crippen LogP contribution in [0.3, 0.4) is 0 Å². The average Bonchev–Trinajstić information content (AvgIpc) is 3.19. The van der Waals surface area contributed by atoms with Gasteiger partial charge in [-0.1, -0.05) is 43.7 Å². The zero-order valence-electron chi connectivity index (χ0n) is 11.0. The standard InChI is InChI=1S/C15H22N2O/c1-2-10-15(14(16)18,17-11-12-8-9-12)13-6-4-3-5-7-13/h3-7,12,17H,2,8-11H2,1H3,(H2,16,18). The van der Waals surface area contributed by atoms with Crippen LogP contribution in [-0.2, 0) is 10.3 Å². The molecule has 2 rings (SSSR count). The third-order valence-electron chi connectivity index (χ3n) is 3.70. The molecule has 0 radical (unpaired) electrons. The van der Waals surface area contributed by atoms with Crippen LogP contribution >= 0.6 is 0 Å². The van der Waals surface area contributed by atoms with Gasteiger partial charge in [0.1, 0.15) is 5.54 Å². The Morgan fingerprint density at radius 3 is 2.56 bits per heavy atom. The lowest BCUT2D eigenvalue weighted by Gasteiger charge is -2.32. The van der Waals surface area contributed by atoms with Crippen molar-refractivity contribution in [3.63, 3.8) is 0 Å². The summed E-state index contributed by atoms with van der Waals surface area (Å²) in [5, 5.41) is 3.44. The summed E-state index contributed by atoms with van der Waals surface area (Å²) in [6, 6.07) is 9.85. The number of primary amides is 1. The summed E-state index contributed by atoms with van der Waals surface area (Å²) in [7, 11) is 0. The van der Waals surface area contributed by atoms with Crippen molar-refractivity contribution in [2.24, 2.45) is 11.7 Å². The quantitative estimate of drug-likeness (QED) is 0.774. The van der Waals surface area contributed by atoms with Gasteiger partial charge in [-0.25, -0.2) is 0 Å². The van der Waals surface area contributed by atoms with Gasteiger partial charge >= 0.3 is 0 Å². The molecular formula is C15H22N2O. The normalized spacial score (nSPS) is 18.3. The molecule has 0 aromatic heterocycles. The summed E-state index contributed by atoms with van der Waals surface area (Å²) in [6.45, 7) is 2.97. The highest BCUT2D eigenvalue weighted by Crippen LogP contribution is 2.32. The molecule has 18 heavy (non-hydrogen) atoms. The topological polar surface area (TPSA) is 55.1 Å². The van der Waals surface area contributed by atoms with Gasteiger partial charge in [-0.2, -0.15) is 0 Å². The summed E-state index contributed by atoms with van der Waals surface area (Å²) >= 11 is 0. The van der Waals surface area contributed by atoms with Crippen LogP contribution in [0.5, 0.6) is 0 Å². The maximum Gasteiger partial charge on any atom is 0.242 e. The van der Waals surface area contributed by atoms with E-state index >= 15 is 0 Å². The van der Waals surface area contributed by atoms with Crippen LogP contribution in [0, 0.1) is 5.92 Å². The van der Waals surface area contributed by atoms with E-state index in [0.29, 0.717) is 0 Å². The number of carbonyl (C=O) groups is 1. The molecular weight excluding hydrogens is 224 g/mol. The second kappa shape index (κ2) is 5.53. The Balaban J connectivity index is 2.25. The summed E-state index contributed by atoms with van der Waals surface area (Å²) in [6.07, 6.45) is 4.21. The van der Waals surface area contributed by atoms with Crippen LogP contribution in [0.4, 0.5) is 0 Å². The Labute approximate surface area is 109 Å². The smallest absolute Gasteiger partial charge is 0.242 e. The number of nitrogens with two attached hydrogens (primary N) is 1. The first-order chi connectivity index (χ1) is 8.69. The third kappa shape index (κ3) is 2.72. The molecule has 0 aliphatic heterocycles. The van der Waals surface area contributed by atoms with Crippen LogP contribution in [0.2, 0.25) is 0 Å². The van der Waals surface area contributed by atoms with Crippen LogP contribution in [0.25, 0.3) is 0 Å². The van der Waals surface area contributed by atoms with Crippen LogP contribution in [-0.4, -0.2) is 12.5 Å². The first kappa shape index (κ1) is 13.1. The van der Waals surface area contributed by atoms with Crippen molar-refractivity contribution in [2.45, 2.75) is 38.1 Å². The molecule has 1 aliphatic rings. The number of nitrogens with one attached hydrogen (secondary N) is 1. The number of rotatable bonds is 7. The van der Waals surface area contributed by atoms with Gasteiger partial charge in [0.25, 0.3) is 0 Å². The highest BCUT2D eigenvalue weighted by Gasteiger charge is 2.38. The number of hydrogen-bond acceptors (Lipinski definition) is 2. The van der Waals surface area contributed by atoms with Crippen molar-refractivity contribution < 1.29 is 4.79 Å². The van der Waals surface area contributed by atoms with Gasteiger partial charge in [-0.05, 0) is 37.3 Å². The summed E-state index contributed by atoms with van der Waals surface area (Å²) in [5.74, 6) is 0.459. The molecule has 1 aromatic rings. The van der Waals surface area contributed by atoms with Gasteiger partial charge in [0, 0.05) is 0 Å². The second-order valence-corrected chi connectivity index (χ2v) is 5.21. The number of hydrogen-bond donors (Lipinski definition) is 2. The monoisotopic (exact) mass is 246 g/mol. The first-order valence-corrected chi connectivity index (χ1v) is 6.79. The third-order valence-corrected chi connectivity index (χ3v) is 3.70. The molecule has 1 amide bonds. The fourth-order valence-electron chi connectivity index (χ4n) is 2.43. The largest absolute Gasteiger partial charge is 0.368 e. The molecule has 3 N–H and O–H groups in total. The van der Waals surface area contributed by atoms with Crippen molar-refractivity contribution in [3.05, 3.63) is 35.9 Å². The Kier molecular flexibility index (Phi) is 4.02. The predicted octanol–water partition coefficient (Wildman–Crippen LogP) is 2.17. The van der Waals surface area contributed by atoms with Crippen molar-refractivity contribution >= 4 is 5.91 Å². The van der Waals surface area contributed by atoms with Crippen molar-refractivity contribution in [2.75, 3.05) is 6.54 Å². The average molecular weight is 246 g/mol. The molecule has 3 nitrogen and oxygen atoms in total. The Hall–Kier alpha value is -1.35. The van der Waals surface area contributed by atoms with Gasteiger partial charge in [0.15, 0.2) is 0 Å². The molecule has 1 fully saturated rings. The second-order valence-electron chi connectivity index (χ2n) is 5.21. The van der Waals surface area contributed by atoms with Crippen molar-refractivity contribution in [1.82, 2.24) is 5.32 Å². The van der Waals surface area contributed by atoms with Gasteiger partial charge < -0.3 is 5.73 Å². The fraction of sp³-hybridized carbons (Fsp3) is 0.533. The van der Waals surface area contributed by atoms with Gasteiger partial charge in [-0.15, -0.1) is 0 Å². The summed E-state index contributed by atoms with van der Waals surface area (Å²) < 4.78 is 0. The Bertz CT molecular complexity index is 400. The lowest BCUT2D eigenvalue weighted by molar-refractivity contribution is -0.125. The van der Waals surface area contributed by atoms with E-state index in [-0.39, 0.29) is 5.91 Å². The highest BCUT2D eigenvalue weighted by molar-refractivity contribution is 5.86. The van der Waals surface area contributed by atoms with Crippen LogP contribution in [0.15, 0.2) is 30.3 Å². The number of benzene rings is 1. The molecule has 1 saturated carbocycles. The Morgan fingerprint density at radius 1 is 1.39 bits per heavy atom. The van der Waals surface area contributed by atoms with Crippen molar-refractivity contribution in [1.29, 1.82) is 0 Å². The fourth-order valence-corrected chi connectivity index (χ4v) is 2.43. The van der Waals surface area contributed by atoms with E-state index in [1.54, 1.807) is 0 Å². The summed E-state index contributed by atoms with van der Waals surface area (Å²) in [4.78, 5) is 12.0. The molecule has 1 aliphatic carbocycles. The molecule has 1 aromatic carbocycles. The minimum atomic E-state index is -0.696. The maximum absolute atomic E-state index is 12.0. The van der Waals surface area contributed by atoms with E-state index in [9.17, 15) is 4.79 Å². The van der Waals surface area contributed by atoms with E-state index in [1.807, 2.05) is 30.3 Å². The summed E-state index contributed by atoms with van der Waals surface area (Å²) in [5.41, 5.74) is 5.99. The van der Waals surface area contributed by atoms with E-state index in [2.05, 4.69) is 12.2 Å². The molecule has 1 atom stereocenters. The maximum atomic E-state index is 12.0. The van der Waals surface area contributed by atoms with Gasteiger partial charge in [0.2, 0.25) is 5.91 Å². The van der Waals surface area contributed by atoms with Crippen LogP contribution < -0.4 is 11.1 Å². The molecule has 0 heterocycles. The molecule has 98 valence electrons.